The first-order valence-corrected chi connectivity index (χ1v) is 17.9. The second-order valence-electron chi connectivity index (χ2n) is 13.9. The quantitative estimate of drug-likeness (QED) is 0.0797. The highest BCUT2D eigenvalue weighted by Crippen LogP contribution is 2.45. The van der Waals surface area contributed by atoms with Crippen molar-refractivity contribution in [2.45, 2.75) is 63.4 Å². The Hall–Kier alpha value is -7.12. The summed E-state index contributed by atoms with van der Waals surface area (Å²) in [6.07, 6.45) is -2.62. The highest BCUT2D eigenvalue weighted by atomic mass is 16.6. The third kappa shape index (κ3) is 10.4. The van der Waals surface area contributed by atoms with E-state index in [1.807, 2.05) is 13.8 Å². The number of ether oxygens (including phenoxy) is 2. The number of aromatic hydroxyl groups is 1. The molecule has 2 heterocycles. The predicted molar refractivity (Wildman–Crippen MR) is 204 cm³/mol. The third-order valence-electron chi connectivity index (χ3n) is 9.05. The van der Waals surface area contributed by atoms with E-state index in [4.69, 9.17) is 15.2 Å². The van der Waals surface area contributed by atoms with Gasteiger partial charge in [-0.1, -0.05) is 50.2 Å². The number of nitro benzene ring substituents is 2. The van der Waals surface area contributed by atoms with Crippen LogP contribution in [0.1, 0.15) is 43.0 Å². The van der Waals surface area contributed by atoms with Crippen LogP contribution in [0.5, 0.6) is 28.7 Å². The zero-order valence-corrected chi connectivity index (χ0v) is 31.1. The number of benzene rings is 4. The highest BCUT2D eigenvalue weighted by Gasteiger charge is 2.36. The van der Waals surface area contributed by atoms with Crippen LogP contribution in [0.3, 0.4) is 0 Å². The van der Waals surface area contributed by atoms with Gasteiger partial charge in [0.15, 0.2) is 17.6 Å². The summed E-state index contributed by atoms with van der Waals surface area (Å²) in [7, 11) is 0. The van der Waals surface area contributed by atoms with Gasteiger partial charge in [0.1, 0.15) is 17.8 Å². The molecule has 4 bridgehead atoms. The largest absolute Gasteiger partial charge is 0.502 e. The molecule has 2 aliphatic heterocycles. The molecular formula is C39H40N6O13. The van der Waals surface area contributed by atoms with Crippen LogP contribution in [0.25, 0.3) is 0 Å². The summed E-state index contributed by atoms with van der Waals surface area (Å²) < 4.78 is 11.6. The molecule has 6 rings (SSSR count). The summed E-state index contributed by atoms with van der Waals surface area (Å²) in [6.45, 7) is 3.69. The lowest BCUT2D eigenvalue weighted by molar-refractivity contribution is -0.385. The second kappa shape index (κ2) is 18.2. The van der Waals surface area contributed by atoms with Gasteiger partial charge in [-0.05, 0) is 59.4 Å². The van der Waals surface area contributed by atoms with E-state index in [2.05, 4.69) is 16.0 Å². The Kier molecular flexibility index (Phi) is 13.2. The van der Waals surface area contributed by atoms with Gasteiger partial charge in [0.25, 0.3) is 5.69 Å². The van der Waals surface area contributed by atoms with E-state index in [-0.39, 0.29) is 47.7 Å². The number of aliphatic carboxylic acids is 1. The fraction of sp³-hybridized carbons (Fsp3) is 0.282. The molecule has 0 radical (unpaired) electrons. The van der Waals surface area contributed by atoms with Crippen molar-refractivity contribution in [1.29, 1.82) is 0 Å². The van der Waals surface area contributed by atoms with Gasteiger partial charge >= 0.3 is 11.7 Å². The fourth-order valence-corrected chi connectivity index (χ4v) is 6.15. The van der Waals surface area contributed by atoms with Crippen LogP contribution in [0, 0.1) is 26.1 Å². The molecule has 2 aliphatic rings. The molecule has 0 spiro atoms. The molecule has 0 saturated heterocycles. The number of aliphatic hydroxyl groups excluding tert-OH is 1. The summed E-state index contributed by atoms with van der Waals surface area (Å²) in [5.74, 6) is -6.66. The first kappa shape index (κ1) is 42.0. The molecular weight excluding hydrogens is 760 g/mol. The van der Waals surface area contributed by atoms with Crippen molar-refractivity contribution in [3.8, 4) is 28.7 Å². The number of fused-ring (bicyclic) bond motifs is 9. The normalized spacial score (nSPS) is 17.9. The number of hydrogen-bond acceptors (Lipinski definition) is 13. The number of carbonyl (C=O) groups excluding carboxylic acids is 3. The molecule has 4 aromatic carbocycles. The molecule has 0 fully saturated rings. The van der Waals surface area contributed by atoms with Gasteiger partial charge in [-0.3, -0.25) is 34.6 Å². The lowest BCUT2D eigenvalue weighted by Crippen LogP contribution is -2.57. The van der Waals surface area contributed by atoms with Gasteiger partial charge < -0.3 is 46.5 Å². The van der Waals surface area contributed by atoms with Crippen LogP contribution >= 0.6 is 0 Å². The Morgan fingerprint density at radius 2 is 1.64 bits per heavy atom. The number of nitrogens with one attached hydrogen (secondary N) is 3. The summed E-state index contributed by atoms with van der Waals surface area (Å²) in [5, 5.41) is 63.7. The van der Waals surface area contributed by atoms with Gasteiger partial charge in [0.05, 0.1) is 21.9 Å². The number of non-ortho nitro benzene ring substituents is 1. The third-order valence-corrected chi connectivity index (χ3v) is 9.05. The van der Waals surface area contributed by atoms with Gasteiger partial charge in [-0.2, -0.15) is 0 Å². The molecule has 19 heteroatoms. The zero-order valence-electron chi connectivity index (χ0n) is 31.1. The van der Waals surface area contributed by atoms with Crippen molar-refractivity contribution in [1.82, 2.24) is 16.0 Å². The number of amides is 3. The van der Waals surface area contributed by atoms with Crippen molar-refractivity contribution < 1.29 is 53.8 Å². The summed E-state index contributed by atoms with van der Waals surface area (Å²) in [4.78, 5) is 76.0. The molecule has 4 aromatic rings. The molecule has 0 aromatic heterocycles. The monoisotopic (exact) mass is 800 g/mol. The van der Waals surface area contributed by atoms with Gasteiger partial charge in [0, 0.05) is 31.0 Å². The van der Waals surface area contributed by atoms with Crippen LogP contribution in [0.15, 0.2) is 84.9 Å². The van der Waals surface area contributed by atoms with Crippen LogP contribution in [0.4, 0.5) is 11.4 Å². The number of phenols is 1. The number of nitrogens with two attached hydrogens (primary N) is 1. The Balaban J connectivity index is 1.69. The minimum atomic E-state index is -2.39. The predicted octanol–water partition coefficient (Wildman–Crippen LogP) is 3.54. The van der Waals surface area contributed by atoms with Crippen molar-refractivity contribution in [2.75, 3.05) is 0 Å². The van der Waals surface area contributed by atoms with E-state index < -0.39 is 92.5 Å². The lowest BCUT2D eigenvalue weighted by atomic mass is 9.97. The first-order chi connectivity index (χ1) is 27.5. The summed E-state index contributed by atoms with van der Waals surface area (Å²) in [6, 6.07) is 12.9. The van der Waals surface area contributed by atoms with Gasteiger partial charge in [-0.15, -0.1) is 0 Å². The number of rotatable bonds is 12. The number of phenolic OH excluding ortho intramolecular Hbond substituents is 1. The van der Waals surface area contributed by atoms with Crippen LogP contribution in [-0.4, -0.2) is 73.1 Å². The molecule has 0 saturated carbocycles. The number of nitro groups is 2. The zero-order chi connectivity index (χ0) is 42.3. The van der Waals surface area contributed by atoms with Crippen molar-refractivity contribution in [2.24, 2.45) is 11.7 Å². The molecule has 0 unspecified atom stereocenters. The first-order valence-electron chi connectivity index (χ1n) is 17.9. The van der Waals surface area contributed by atoms with Crippen molar-refractivity contribution >= 4 is 35.1 Å². The minimum Gasteiger partial charge on any atom is -0.502 e. The Morgan fingerprint density at radius 3 is 2.26 bits per heavy atom. The fourth-order valence-electron chi connectivity index (χ4n) is 6.15. The highest BCUT2D eigenvalue weighted by molar-refractivity contribution is 5.93. The van der Waals surface area contributed by atoms with Crippen molar-refractivity contribution in [3.05, 3.63) is 122 Å². The number of aliphatic hydroxyl groups is 1. The number of carboxylic acid groups (broad SMARTS) is 1. The SMILES string of the molecule is CC(C)C[C@@H](N)C(=O)N[C@@H]1Cc2ccc(c([N+](=O)[O-])c2)Oc2cc(cc(Oc3ccc([N+](=O)[O-])cc3)c2O)[C@H]([C@@H](O)C(=O)O)NC(=O)[C@H](Cc2ccccc2)NC1=O. The maximum atomic E-state index is 14.2. The average molecular weight is 801 g/mol. The van der Waals surface area contributed by atoms with E-state index in [9.17, 15) is 54.7 Å². The van der Waals surface area contributed by atoms with E-state index in [1.165, 1.54) is 24.3 Å². The molecule has 3 amide bonds. The summed E-state index contributed by atoms with van der Waals surface area (Å²) in [5.41, 5.74) is 5.66. The number of carboxylic acids is 1. The molecule has 19 nitrogen and oxygen atoms in total. The van der Waals surface area contributed by atoms with Crippen LogP contribution in [-0.2, 0) is 32.0 Å². The second-order valence-corrected chi connectivity index (χ2v) is 13.9. The van der Waals surface area contributed by atoms with Crippen LogP contribution < -0.4 is 31.2 Å². The van der Waals surface area contributed by atoms with E-state index in [0.717, 1.165) is 30.3 Å². The molecule has 304 valence electrons. The van der Waals surface area contributed by atoms with Crippen molar-refractivity contribution in [3.63, 3.8) is 0 Å². The maximum absolute atomic E-state index is 14.2. The lowest BCUT2D eigenvalue weighted by Gasteiger charge is -2.28. The maximum Gasteiger partial charge on any atom is 0.335 e. The standard InChI is InChI=1S/C39H40N6O13/c1-20(2)14-26(40)36(48)41-28-16-22-8-13-30(29(17-22)45(55)56)58-32-19-23(18-31(34(32)46)57-25-11-9-24(10-12-25)44(53)54)33(35(47)39(51)52)43-38(50)27(42-37(28)49)15-21-6-4-3-5-7-21/h3-13,17-20,26-28,33,35,46-47H,14-16,40H2,1-2H3,(H,41,48)(H,42,49)(H,43,50)(H,51,52)/t26-,27+,28-,33-,35-/m1/s1. The molecule has 8 N–H and O–H groups in total. The van der Waals surface area contributed by atoms with Gasteiger partial charge in [0.2, 0.25) is 29.2 Å². The topological polar surface area (TPSA) is 296 Å². The van der Waals surface area contributed by atoms with Gasteiger partial charge in [-0.25, -0.2) is 4.79 Å². The van der Waals surface area contributed by atoms with E-state index >= 15 is 0 Å². The van der Waals surface area contributed by atoms with Crippen LogP contribution in [0.2, 0.25) is 0 Å². The minimum absolute atomic E-state index is 0.0128. The number of carbonyl (C=O) groups is 4. The Labute approximate surface area is 330 Å². The molecule has 58 heavy (non-hydrogen) atoms. The molecule has 5 atom stereocenters. The Morgan fingerprint density at radius 1 is 0.948 bits per heavy atom. The summed E-state index contributed by atoms with van der Waals surface area (Å²) >= 11 is 0. The average Bonchev–Trinajstić information content (AvgIpc) is 3.17. The number of hydrogen-bond donors (Lipinski definition) is 7. The van der Waals surface area contributed by atoms with E-state index in [0.29, 0.717) is 5.56 Å². The molecule has 0 aliphatic carbocycles. The Bertz CT molecular complexity index is 2200. The number of nitrogens with zero attached hydrogens (tertiary/aromatic N) is 2. The smallest absolute Gasteiger partial charge is 0.335 e. The van der Waals surface area contributed by atoms with E-state index in [1.54, 1.807) is 30.3 Å².